The van der Waals surface area contributed by atoms with Crippen LogP contribution in [0.15, 0.2) is 143 Å². The Bertz CT molecular complexity index is 3700. The Balaban J connectivity index is 0.00000315. The maximum atomic E-state index is 13.5. The minimum Gasteiger partial charge on any atom is -0.871 e. The molecule has 0 radical (unpaired) electrons. The summed E-state index contributed by atoms with van der Waals surface area (Å²) in [6, 6.07) is 19.0. The molecule has 7 aromatic carbocycles. The molecule has 336 valence electrons. The van der Waals surface area contributed by atoms with Crippen molar-refractivity contribution in [3.63, 3.8) is 0 Å². The number of anilines is 2. The molecule has 0 aliphatic heterocycles. The Labute approximate surface area is 481 Å². The van der Waals surface area contributed by atoms with Gasteiger partial charge in [-0.05, 0) is 118 Å². The third kappa shape index (κ3) is 14.1. The third-order valence-corrected chi connectivity index (χ3v) is 12.7. The first-order valence-electron chi connectivity index (χ1n) is 18.0. The van der Waals surface area contributed by atoms with Crippen LogP contribution in [-0.2, 0) is 40.5 Å². The quantitative estimate of drug-likeness (QED) is 0.0504. The Morgan fingerprint density at radius 2 is 0.986 bits per heavy atom. The maximum absolute atomic E-state index is 13.5. The van der Waals surface area contributed by atoms with Crippen LogP contribution in [0.5, 0.6) is 17.2 Å². The van der Waals surface area contributed by atoms with E-state index >= 15 is 0 Å². The van der Waals surface area contributed by atoms with E-state index < -0.39 is 89.0 Å². The van der Waals surface area contributed by atoms with Gasteiger partial charge < -0.3 is 34.7 Å². The molecule has 30 heteroatoms. The van der Waals surface area contributed by atoms with Crippen molar-refractivity contribution in [2.75, 3.05) is 17.2 Å². The summed E-state index contributed by atoms with van der Waals surface area (Å²) in [5.41, 5.74) is -1.82. The standard InChI is InChI=1S/C39H30N6O16S4.4Na/c1-2-61-31-12-8-27(19-32(31)63(52,53)54)43-45-36-34(65(58,59)60)18-23-15-25(7-11-30(23)38(36)47)41-39(48)40-24-6-10-29-22(14-24)17-33(64(55,56)57)35(37(29)46)44-42-26-5-3-21-16-28(62(49,50)51)9-4-20(21)13-26;;;;/h3-19,46-47H,2H2,1H3,(H2,40,41,48)(H,49,50,51)(H,52,53,54)(H,55,56,57)(H,58,59,60);;;;/q;4*+1/p-4. The van der Waals surface area contributed by atoms with Gasteiger partial charge in [0.2, 0.25) is 0 Å². The van der Waals surface area contributed by atoms with Crippen LogP contribution in [0.2, 0.25) is 0 Å². The number of hydrogen-bond acceptors (Lipinski definition) is 18. The molecular weight excluding hydrogens is 1030 g/mol. The molecule has 2 amide bonds. The zero-order valence-electron chi connectivity index (χ0n) is 36.6. The molecule has 7 rings (SSSR count). The monoisotopic (exact) mass is 1050 g/mol. The summed E-state index contributed by atoms with van der Waals surface area (Å²) in [5.74, 6) is -2.30. The summed E-state index contributed by atoms with van der Waals surface area (Å²) >= 11 is 0. The zero-order chi connectivity index (χ0) is 47.2. The van der Waals surface area contributed by atoms with Crippen LogP contribution in [0.1, 0.15) is 6.92 Å². The van der Waals surface area contributed by atoms with E-state index in [1.54, 1.807) is 6.92 Å². The first kappa shape index (κ1) is 60.1. The summed E-state index contributed by atoms with van der Waals surface area (Å²) in [4.78, 5) is 9.91. The first-order chi connectivity index (χ1) is 30.4. The largest absolute Gasteiger partial charge is 1.00 e. The molecule has 0 saturated carbocycles. The molecule has 0 spiro atoms. The van der Waals surface area contributed by atoms with Crippen LogP contribution in [0, 0.1) is 0 Å². The Hall–Kier alpha value is -3.17. The number of carbonyl (C=O) groups is 1. The molecule has 4 N–H and O–H groups in total. The number of amides is 2. The van der Waals surface area contributed by atoms with E-state index in [-0.39, 0.29) is 175 Å². The normalized spacial score (nSPS) is 12.0. The van der Waals surface area contributed by atoms with Crippen LogP contribution in [-0.4, -0.2) is 64.5 Å². The van der Waals surface area contributed by atoms with Crippen molar-refractivity contribution in [3.05, 3.63) is 103 Å². The van der Waals surface area contributed by atoms with E-state index in [1.807, 2.05) is 0 Å². The molecule has 69 heavy (non-hydrogen) atoms. The van der Waals surface area contributed by atoms with Crippen molar-refractivity contribution in [2.45, 2.75) is 26.5 Å². The summed E-state index contributed by atoms with van der Waals surface area (Å²) in [7, 11) is -20.1. The summed E-state index contributed by atoms with van der Waals surface area (Å²) in [6.45, 7) is 1.56. The van der Waals surface area contributed by atoms with E-state index in [2.05, 4.69) is 31.1 Å². The van der Waals surface area contributed by atoms with E-state index in [0.29, 0.717) is 10.8 Å². The predicted molar refractivity (Wildman–Crippen MR) is 225 cm³/mol. The molecule has 0 saturated heterocycles. The topological polar surface area (TPSA) is 369 Å². The molecule has 0 atom stereocenters. The van der Waals surface area contributed by atoms with Gasteiger partial charge in [0.1, 0.15) is 35.8 Å². The summed E-state index contributed by atoms with van der Waals surface area (Å²) in [5, 5.41) is 47.3. The summed E-state index contributed by atoms with van der Waals surface area (Å²) in [6.07, 6.45) is 0. The molecule has 0 aromatic heterocycles. The molecule has 0 aliphatic carbocycles. The first-order valence-corrected chi connectivity index (χ1v) is 23.7. The van der Waals surface area contributed by atoms with Crippen LogP contribution in [0.4, 0.5) is 38.9 Å². The Kier molecular flexibility index (Phi) is 20.6. The average Bonchev–Trinajstić information content (AvgIpc) is 3.21. The maximum Gasteiger partial charge on any atom is 1.00 e. The van der Waals surface area contributed by atoms with E-state index in [0.717, 1.165) is 36.4 Å². The zero-order valence-corrected chi connectivity index (χ0v) is 47.8. The fraction of sp³-hybridized carbons (Fsp3) is 0.0513. The molecule has 0 fully saturated rings. The molecule has 22 nitrogen and oxygen atoms in total. The van der Waals surface area contributed by atoms with E-state index in [1.165, 1.54) is 66.7 Å². The van der Waals surface area contributed by atoms with E-state index in [9.17, 15) is 66.9 Å². The fourth-order valence-electron chi connectivity index (χ4n) is 6.38. The van der Waals surface area contributed by atoms with Crippen molar-refractivity contribution in [2.24, 2.45) is 20.5 Å². The molecule has 0 unspecified atom stereocenters. The number of rotatable bonds is 12. The SMILES string of the molecule is CCOc1ccc(N=Nc2c(S(=O)(=O)O)cc3cc(NC(=O)Nc4ccc5c([O-])c(N=Nc6ccc7cc(S(=O)(=O)[O-])ccc7c6)c(S(=O)(=O)O)cc5c4)ccc3c2[O-])cc1S(=O)(=O)[O-].[Na+].[Na+].[Na+].[Na+]. The van der Waals surface area contributed by atoms with Crippen LogP contribution >= 0.6 is 0 Å². The van der Waals surface area contributed by atoms with Crippen molar-refractivity contribution in [1.82, 2.24) is 0 Å². The Morgan fingerprint density at radius 3 is 1.43 bits per heavy atom. The van der Waals surface area contributed by atoms with Gasteiger partial charge in [-0.1, -0.05) is 35.8 Å². The minimum atomic E-state index is -5.17. The number of fused-ring (bicyclic) bond motifs is 3. The number of hydrogen-bond donors (Lipinski definition) is 4. The molecule has 7 aromatic rings. The number of azo groups is 2. The van der Waals surface area contributed by atoms with Crippen LogP contribution in [0.25, 0.3) is 32.3 Å². The number of benzene rings is 7. The second kappa shape index (κ2) is 23.6. The van der Waals surface area contributed by atoms with Crippen molar-refractivity contribution in [1.29, 1.82) is 0 Å². The molecule has 0 aliphatic rings. The van der Waals surface area contributed by atoms with E-state index in [4.69, 9.17) is 4.74 Å². The predicted octanol–water partition coefficient (Wildman–Crippen LogP) is -5.52. The van der Waals surface area contributed by atoms with Gasteiger partial charge in [-0.25, -0.2) is 21.6 Å². The third-order valence-electron chi connectivity index (χ3n) is 9.25. The van der Waals surface area contributed by atoms with Gasteiger partial charge in [-0.15, -0.1) is 10.2 Å². The van der Waals surface area contributed by atoms with Crippen LogP contribution in [0.3, 0.4) is 0 Å². The summed E-state index contributed by atoms with van der Waals surface area (Å²) < 4.78 is 144. The molecule has 0 heterocycles. The number of ether oxygens (including phenoxy) is 1. The number of urea groups is 1. The molecular formula is C39H26N6Na4O16S4. The van der Waals surface area contributed by atoms with Gasteiger partial charge in [0.25, 0.3) is 20.2 Å². The van der Waals surface area contributed by atoms with Gasteiger partial charge in [0, 0.05) is 11.4 Å². The van der Waals surface area contributed by atoms with Crippen molar-refractivity contribution < 1.29 is 190 Å². The van der Waals surface area contributed by atoms with Gasteiger partial charge in [-0.2, -0.15) is 27.1 Å². The van der Waals surface area contributed by atoms with Gasteiger partial charge in [0.15, 0.2) is 0 Å². The second-order valence-corrected chi connectivity index (χ2v) is 19.1. The molecule has 0 bridgehead atoms. The van der Waals surface area contributed by atoms with Crippen LogP contribution < -0.4 is 144 Å². The number of carbonyl (C=O) groups excluding carboxylic acids is 1. The van der Waals surface area contributed by atoms with Gasteiger partial charge in [-0.3, -0.25) is 9.11 Å². The number of nitrogens with one attached hydrogen (secondary N) is 2. The minimum absolute atomic E-state index is 0. The Morgan fingerprint density at radius 1 is 0.536 bits per heavy atom. The smallest absolute Gasteiger partial charge is 0.871 e. The fourth-order valence-corrected chi connectivity index (χ4v) is 8.83. The van der Waals surface area contributed by atoms with Gasteiger partial charge >= 0.3 is 124 Å². The average molecular weight is 1050 g/mol. The van der Waals surface area contributed by atoms with Crippen molar-refractivity contribution in [3.8, 4) is 17.2 Å². The number of nitrogens with zero attached hydrogens (tertiary/aromatic N) is 4. The second-order valence-electron chi connectivity index (χ2n) is 13.6. The van der Waals surface area contributed by atoms with Gasteiger partial charge in [0.05, 0.1) is 39.1 Å². The van der Waals surface area contributed by atoms with Crippen molar-refractivity contribution >= 4 is 113 Å².